The number of aromatic amines is 1. The topological polar surface area (TPSA) is 65.9 Å². The first-order valence-corrected chi connectivity index (χ1v) is 6.73. The molecular weight excluding hydrogens is 288 g/mol. The molecule has 1 aromatic carbocycles. The lowest BCUT2D eigenvalue weighted by atomic mass is 10.1. The summed E-state index contributed by atoms with van der Waals surface area (Å²) in [5.41, 5.74) is 2.96. The van der Waals surface area contributed by atoms with Gasteiger partial charge in [-0.15, -0.1) is 0 Å². The molecule has 0 radical (unpaired) electrons. The molecule has 0 amide bonds. The maximum atomic E-state index is 10.9. The molecule has 0 atom stereocenters. The van der Waals surface area contributed by atoms with Gasteiger partial charge in [0.2, 0.25) is 0 Å². The van der Waals surface area contributed by atoms with Crippen LogP contribution in [0.5, 0.6) is 5.75 Å². The van der Waals surface area contributed by atoms with Gasteiger partial charge in [-0.1, -0.05) is 17.7 Å². The van der Waals surface area contributed by atoms with Crippen molar-refractivity contribution in [2.45, 2.75) is 13.8 Å². The third-order valence-corrected chi connectivity index (χ3v) is 3.57. The Balaban J connectivity index is 2.37. The van der Waals surface area contributed by atoms with Crippen molar-refractivity contribution in [2.24, 2.45) is 0 Å². The fraction of sp³-hybridized carbons (Fsp3) is 0.125. The van der Waals surface area contributed by atoms with Crippen LogP contribution < -0.4 is 4.74 Å². The Bertz CT molecular complexity index is 717. The Kier molecular flexibility index (Phi) is 4.60. The molecule has 1 aromatic heterocycles. The molecule has 0 aliphatic carbocycles. The number of H-pyrrole nitrogens is 1. The van der Waals surface area contributed by atoms with Gasteiger partial charge in [0.05, 0.1) is 5.69 Å². The Hall–Kier alpha value is -2.33. The molecule has 108 valence electrons. The number of ether oxygens (including phenoxy) is 1. The second-order valence-corrected chi connectivity index (χ2v) is 4.98. The summed E-state index contributed by atoms with van der Waals surface area (Å²) in [6, 6.07) is 5.38. The quantitative estimate of drug-likeness (QED) is 0.494. The zero-order valence-corrected chi connectivity index (χ0v) is 12.5. The zero-order valence-electron chi connectivity index (χ0n) is 11.7. The average Bonchev–Trinajstić information content (AvgIpc) is 2.83. The first kappa shape index (κ1) is 15.1. The highest BCUT2D eigenvalue weighted by Crippen LogP contribution is 2.27. The fourth-order valence-electron chi connectivity index (χ4n) is 1.90. The van der Waals surface area contributed by atoms with E-state index in [1.807, 2.05) is 19.9 Å². The predicted molar refractivity (Wildman–Crippen MR) is 84.5 cm³/mol. The smallest absolute Gasteiger partial charge is 0.152 e. The lowest BCUT2D eigenvalue weighted by Gasteiger charge is -2.10. The molecule has 0 saturated carbocycles. The van der Waals surface area contributed by atoms with E-state index in [1.54, 1.807) is 18.3 Å². The summed E-state index contributed by atoms with van der Waals surface area (Å²) in [5, 5.41) is 7.87. The highest BCUT2D eigenvalue weighted by Gasteiger charge is 2.13. The van der Waals surface area contributed by atoms with E-state index in [9.17, 15) is 4.79 Å². The number of nitrogens with one attached hydrogen (secondary N) is 2. The maximum absolute atomic E-state index is 10.9. The molecule has 5 heteroatoms. The van der Waals surface area contributed by atoms with Crippen LogP contribution in [0, 0.1) is 19.3 Å². The van der Waals surface area contributed by atoms with Crippen molar-refractivity contribution in [1.82, 2.24) is 4.98 Å². The number of allylic oxidation sites excluding steroid dienone is 1. The van der Waals surface area contributed by atoms with Gasteiger partial charge in [0.25, 0.3) is 0 Å². The van der Waals surface area contributed by atoms with Crippen LogP contribution in [0.15, 0.2) is 30.5 Å². The minimum Gasteiger partial charge on any atom is -0.455 e. The molecule has 1 heterocycles. The molecule has 21 heavy (non-hydrogen) atoms. The number of aryl methyl sites for hydroxylation is 1. The first-order chi connectivity index (χ1) is 10.1. The van der Waals surface area contributed by atoms with Crippen LogP contribution in [0.25, 0.3) is 5.76 Å². The molecule has 0 aliphatic rings. The molecule has 2 aromatic rings. The first-order valence-electron chi connectivity index (χ1n) is 6.35. The van der Waals surface area contributed by atoms with Crippen LogP contribution in [0.4, 0.5) is 0 Å². The van der Waals surface area contributed by atoms with Crippen molar-refractivity contribution in [3.05, 3.63) is 57.9 Å². The van der Waals surface area contributed by atoms with Crippen LogP contribution >= 0.6 is 11.6 Å². The van der Waals surface area contributed by atoms with Gasteiger partial charge >= 0.3 is 0 Å². The number of halogens is 1. The summed E-state index contributed by atoms with van der Waals surface area (Å²) in [4.78, 5) is 13.9. The van der Waals surface area contributed by atoms with Crippen molar-refractivity contribution in [3.8, 4) is 5.75 Å². The number of rotatable bonds is 5. The Morgan fingerprint density at radius 2 is 2.14 bits per heavy atom. The number of carbonyl (C=O) groups excluding carboxylic acids is 1. The second-order valence-electron chi connectivity index (χ2n) is 4.57. The van der Waals surface area contributed by atoms with Gasteiger partial charge in [0, 0.05) is 29.1 Å². The monoisotopic (exact) mass is 302 g/mol. The number of hydrogen-bond donors (Lipinski definition) is 2. The normalized spacial score (nSPS) is 11.3. The van der Waals surface area contributed by atoms with Gasteiger partial charge in [-0.2, -0.15) is 0 Å². The van der Waals surface area contributed by atoms with Crippen molar-refractivity contribution in [2.75, 3.05) is 0 Å². The predicted octanol–water partition coefficient (Wildman–Crippen LogP) is 4.17. The fourth-order valence-corrected chi connectivity index (χ4v) is 2.07. The molecule has 2 rings (SSSR count). The Morgan fingerprint density at radius 1 is 1.38 bits per heavy atom. The van der Waals surface area contributed by atoms with E-state index >= 15 is 0 Å². The third-order valence-electron chi connectivity index (χ3n) is 3.16. The number of carbonyl (C=O) groups is 1. The van der Waals surface area contributed by atoms with E-state index in [2.05, 4.69) is 4.98 Å². The van der Waals surface area contributed by atoms with Crippen LogP contribution in [0.2, 0.25) is 5.02 Å². The number of hydrogen-bond acceptors (Lipinski definition) is 3. The van der Waals surface area contributed by atoms with E-state index in [4.69, 9.17) is 21.7 Å². The summed E-state index contributed by atoms with van der Waals surface area (Å²) in [5.74, 6) is 1.02. The Morgan fingerprint density at radius 3 is 2.71 bits per heavy atom. The summed E-state index contributed by atoms with van der Waals surface area (Å²) < 4.78 is 5.79. The molecule has 4 nitrogen and oxygen atoms in total. The van der Waals surface area contributed by atoms with Crippen molar-refractivity contribution in [3.63, 3.8) is 0 Å². The summed E-state index contributed by atoms with van der Waals surface area (Å²) in [6.45, 7) is 3.73. The van der Waals surface area contributed by atoms with Gasteiger partial charge in [-0.05, 0) is 37.1 Å². The highest BCUT2D eigenvalue weighted by molar-refractivity contribution is 6.31. The van der Waals surface area contributed by atoms with E-state index in [-0.39, 0.29) is 0 Å². The SMILES string of the molecule is Cc1ccc(O/C(=C/C=N)c2[nH]cc(C=O)c2C)cc1Cl. The maximum Gasteiger partial charge on any atom is 0.152 e. The van der Waals surface area contributed by atoms with Crippen LogP contribution in [-0.2, 0) is 0 Å². The largest absolute Gasteiger partial charge is 0.455 e. The molecule has 0 bridgehead atoms. The van der Waals surface area contributed by atoms with Crippen molar-refractivity contribution >= 4 is 29.9 Å². The Labute approximate surface area is 127 Å². The number of benzene rings is 1. The van der Waals surface area contributed by atoms with Crippen LogP contribution in [0.1, 0.15) is 27.2 Å². The van der Waals surface area contributed by atoms with Gasteiger partial charge < -0.3 is 15.1 Å². The summed E-state index contributed by atoms with van der Waals surface area (Å²) in [7, 11) is 0. The van der Waals surface area contributed by atoms with Crippen LogP contribution in [0.3, 0.4) is 0 Å². The summed E-state index contributed by atoms with van der Waals surface area (Å²) >= 11 is 6.08. The molecule has 0 saturated heterocycles. The van der Waals surface area contributed by atoms with Crippen molar-refractivity contribution in [1.29, 1.82) is 5.41 Å². The lowest BCUT2D eigenvalue weighted by Crippen LogP contribution is -1.98. The molecule has 0 spiro atoms. The molecule has 0 fully saturated rings. The summed E-state index contributed by atoms with van der Waals surface area (Å²) in [6.07, 6.45) is 5.04. The van der Waals surface area contributed by atoms with Gasteiger partial charge in [0.15, 0.2) is 12.0 Å². The minimum atomic E-state index is 0.454. The van der Waals surface area contributed by atoms with Crippen molar-refractivity contribution < 1.29 is 9.53 Å². The van der Waals surface area contributed by atoms with E-state index in [0.29, 0.717) is 27.8 Å². The average molecular weight is 303 g/mol. The van der Waals surface area contributed by atoms with Gasteiger partial charge in [-0.25, -0.2) is 0 Å². The standard InChI is InChI=1S/C16H15ClN2O2/c1-10-3-4-13(7-14(10)17)21-15(5-6-18)16-11(2)12(9-20)8-19-16/h3-9,18-19H,1-2H3/b15-5+,18-6?. The highest BCUT2D eigenvalue weighted by atomic mass is 35.5. The number of aromatic nitrogens is 1. The molecule has 0 unspecified atom stereocenters. The third kappa shape index (κ3) is 3.23. The molecule has 2 N–H and O–H groups in total. The zero-order chi connectivity index (χ0) is 15.4. The van der Waals surface area contributed by atoms with Gasteiger partial charge in [0.1, 0.15) is 5.75 Å². The van der Waals surface area contributed by atoms with E-state index < -0.39 is 0 Å². The number of aldehydes is 1. The lowest BCUT2D eigenvalue weighted by molar-refractivity contribution is 0.112. The van der Waals surface area contributed by atoms with Crippen LogP contribution in [-0.4, -0.2) is 17.5 Å². The molecule has 0 aliphatic heterocycles. The van der Waals surface area contributed by atoms with E-state index in [1.165, 1.54) is 6.08 Å². The second kappa shape index (κ2) is 6.41. The van der Waals surface area contributed by atoms with E-state index in [0.717, 1.165) is 23.6 Å². The van der Waals surface area contributed by atoms with Gasteiger partial charge in [-0.3, -0.25) is 4.79 Å². The molecular formula is C16H15ClN2O2. The minimum absolute atomic E-state index is 0.454.